The van der Waals surface area contributed by atoms with Crippen LogP contribution in [0.2, 0.25) is 0 Å². The second-order valence-corrected chi connectivity index (χ2v) is 4.87. The number of likely N-dealkylation sites (tertiary alicyclic amines) is 1. The number of carboxylic acid groups (broad SMARTS) is 1. The van der Waals surface area contributed by atoms with E-state index < -0.39 is 5.97 Å². The van der Waals surface area contributed by atoms with Crippen LogP contribution in [0.25, 0.3) is 0 Å². The van der Waals surface area contributed by atoms with Crippen LogP contribution in [-0.4, -0.2) is 43.4 Å². The molecule has 1 saturated heterocycles. The summed E-state index contributed by atoms with van der Waals surface area (Å²) >= 11 is 0. The van der Waals surface area contributed by atoms with Crippen molar-refractivity contribution in [3.8, 4) is 0 Å². The lowest BCUT2D eigenvalue weighted by atomic mass is 10.1. The van der Waals surface area contributed by atoms with Crippen molar-refractivity contribution < 1.29 is 14.7 Å². The van der Waals surface area contributed by atoms with Gasteiger partial charge in [0.2, 0.25) is 0 Å². The molecule has 0 saturated carbocycles. The van der Waals surface area contributed by atoms with E-state index in [2.05, 4.69) is 15.0 Å². The van der Waals surface area contributed by atoms with Gasteiger partial charge in [-0.1, -0.05) is 6.07 Å². The largest absolute Gasteiger partial charge is 0.477 e. The standard InChI is InChI=1S/C14H14N4O3/c19-13(11-12(14(20)21)17-8-16-11)18-6-2-4-10(18)9-3-1-5-15-7-9/h1,3,5,7-8,10H,2,4,6H2,(H,16,17)(H,20,21). The molecule has 2 aromatic rings. The number of imidazole rings is 1. The highest BCUT2D eigenvalue weighted by Crippen LogP contribution is 2.32. The molecule has 1 amide bonds. The number of carbonyl (C=O) groups is 2. The molecular formula is C14H14N4O3. The first-order chi connectivity index (χ1) is 10.2. The van der Waals surface area contributed by atoms with Crippen LogP contribution in [0.3, 0.4) is 0 Å². The molecule has 7 nitrogen and oxygen atoms in total. The van der Waals surface area contributed by atoms with Crippen molar-refractivity contribution in [1.29, 1.82) is 0 Å². The molecule has 108 valence electrons. The zero-order valence-electron chi connectivity index (χ0n) is 11.2. The second kappa shape index (κ2) is 5.35. The van der Waals surface area contributed by atoms with Gasteiger partial charge in [0, 0.05) is 18.9 Å². The molecule has 1 aliphatic rings. The highest BCUT2D eigenvalue weighted by atomic mass is 16.4. The van der Waals surface area contributed by atoms with Gasteiger partial charge in [-0.15, -0.1) is 0 Å². The molecule has 2 N–H and O–H groups in total. The zero-order valence-corrected chi connectivity index (χ0v) is 11.2. The predicted octanol–water partition coefficient (Wildman–Crippen LogP) is 1.48. The van der Waals surface area contributed by atoms with Crippen LogP contribution in [0.4, 0.5) is 0 Å². The van der Waals surface area contributed by atoms with E-state index in [0.717, 1.165) is 18.4 Å². The number of hydrogen-bond donors (Lipinski definition) is 2. The quantitative estimate of drug-likeness (QED) is 0.890. The van der Waals surface area contributed by atoms with Crippen molar-refractivity contribution in [1.82, 2.24) is 19.9 Å². The number of amides is 1. The minimum Gasteiger partial charge on any atom is -0.477 e. The number of nitrogens with zero attached hydrogens (tertiary/aromatic N) is 3. The van der Waals surface area contributed by atoms with E-state index in [1.165, 1.54) is 6.33 Å². The zero-order chi connectivity index (χ0) is 14.8. The Morgan fingerprint density at radius 1 is 1.43 bits per heavy atom. The summed E-state index contributed by atoms with van der Waals surface area (Å²) in [6.07, 6.45) is 6.36. The van der Waals surface area contributed by atoms with Gasteiger partial charge in [-0.25, -0.2) is 9.78 Å². The lowest BCUT2D eigenvalue weighted by Gasteiger charge is -2.24. The van der Waals surface area contributed by atoms with Crippen LogP contribution < -0.4 is 0 Å². The Balaban J connectivity index is 1.90. The lowest BCUT2D eigenvalue weighted by Crippen LogP contribution is -2.32. The summed E-state index contributed by atoms with van der Waals surface area (Å²) in [5, 5.41) is 9.08. The van der Waals surface area contributed by atoms with E-state index in [0.29, 0.717) is 6.54 Å². The van der Waals surface area contributed by atoms with E-state index in [-0.39, 0.29) is 23.3 Å². The maximum atomic E-state index is 12.6. The highest BCUT2D eigenvalue weighted by molar-refractivity contribution is 6.02. The van der Waals surface area contributed by atoms with Gasteiger partial charge in [-0.05, 0) is 24.5 Å². The molecule has 0 bridgehead atoms. The van der Waals surface area contributed by atoms with E-state index >= 15 is 0 Å². The van der Waals surface area contributed by atoms with Crippen molar-refractivity contribution >= 4 is 11.9 Å². The molecule has 0 spiro atoms. The van der Waals surface area contributed by atoms with Crippen LogP contribution in [-0.2, 0) is 0 Å². The summed E-state index contributed by atoms with van der Waals surface area (Å²) in [6, 6.07) is 3.67. The van der Waals surface area contributed by atoms with Crippen LogP contribution in [0.5, 0.6) is 0 Å². The minimum atomic E-state index is -1.19. The van der Waals surface area contributed by atoms with E-state index in [4.69, 9.17) is 5.11 Å². The van der Waals surface area contributed by atoms with Gasteiger partial charge in [-0.3, -0.25) is 9.78 Å². The first kappa shape index (κ1) is 13.3. The van der Waals surface area contributed by atoms with E-state index in [1.807, 2.05) is 12.1 Å². The van der Waals surface area contributed by atoms with Crippen LogP contribution in [0.15, 0.2) is 30.9 Å². The van der Waals surface area contributed by atoms with Gasteiger partial charge in [-0.2, -0.15) is 0 Å². The van der Waals surface area contributed by atoms with Gasteiger partial charge in [0.15, 0.2) is 11.4 Å². The smallest absolute Gasteiger partial charge is 0.354 e. The number of carboxylic acids is 1. The molecule has 1 aliphatic heterocycles. The fourth-order valence-corrected chi connectivity index (χ4v) is 2.68. The molecule has 3 rings (SSSR count). The topological polar surface area (TPSA) is 99.2 Å². The number of hydrogen-bond acceptors (Lipinski definition) is 4. The lowest BCUT2D eigenvalue weighted by molar-refractivity contribution is 0.0663. The van der Waals surface area contributed by atoms with Crippen molar-refractivity contribution in [2.45, 2.75) is 18.9 Å². The average Bonchev–Trinajstić information content (AvgIpc) is 3.16. The molecule has 1 atom stereocenters. The third-order valence-electron chi connectivity index (χ3n) is 3.64. The monoisotopic (exact) mass is 286 g/mol. The number of aromatic carboxylic acids is 1. The van der Waals surface area contributed by atoms with Crippen LogP contribution >= 0.6 is 0 Å². The minimum absolute atomic E-state index is 0.0432. The molecular weight excluding hydrogens is 272 g/mol. The molecule has 0 radical (unpaired) electrons. The fourth-order valence-electron chi connectivity index (χ4n) is 2.68. The number of aromatic amines is 1. The molecule has 1 fully saturated rings. The summed E-state index contributed by atoms with van der Waals surface area (Å²) < 4.78 is 0. The Morgan fingerprint density at radius 3 is 3.00 bits per heavy atom. The molecule has 7 heteroatoms. The molecule has 21 heavy (non-hydrogen) atoms. The normalized spacial score (nSPS) is 17.9. The average molecular weight is 286 g/mol. The first-order valence-electron chi connectivity index (χ1n) is 6.66. The number of nitrogens with one attached hydrogen (secondary N) is 1. The number of aromatic nitrogens is 3. The van der Waals surface area contributed by atoms with Crippen molar-refractivity contribution in [2.24, 2.45) is 0 Å². The number of pyridine rings is 1. The van der Waals surface area contributed by atoms with Gasteiger partial charge < -0.3 is 15.0 Å². The first-order valence-corrected chi connectivity index (χ1v) is 6.66. The number of rotatable bonds is 3. The van der Waals surface area contributed by atoms with Crippen molar-refractivity contribution in [2.75, 3.05) is 6.54 Å². The summed E-state index contributed by atoms with van der Waals surface area (Å²) in [4.78, 5) is 35.8. The fraction of sp³-hybridized carbons (Fsp3) is 0.286. The van der Waals surface area contributed by atoms with Gasteiger partial charge in [0.1, 0.15) is 0 Å². The molecule has 0 aromatic carbocycles. The van der Waals surface area contributed by atoms with Gasteiger partial charge in [0.05, 0.1) is 12.4 Å². The Kier molecular flexibility index (Phi) is 3.39. The van der Waals surface area contributed by atoms with Crippen molar-refractivity contribution in [3.63, 3.8) is 0 Å². The number of carbonyl (C=O) groups excluding carboxylic acids is 1. The number of H-pyrrole nitrogens is 1. The summed E-state index contributed by atoms with van der Waals surface area (Å²) in [7, 11) is 0. The molecule has 0 aliphatic carbocycles. The summed E-state index contributed by atoms with van der Waals surface area (Å²) in [5.74, 6) is -1.55. The maximum Gasteiger partial charge on any atom is 0.354 e. The van der Waals surface area contributed by atoms with E-state index in [9.17, 15) is 9.59 Å². The Morgan fingerprint density at radius 2 is 2.29 bits per heavy atom. The third kappa shape index (κ3) is 2.37. The van der Waals surface area contributed by atoms with Crippen molar-refractivity contribution in [3.05, 3.63) is 47.8 Å². The maximum absolute atomic E-state index is 12.6. The molecule has 1 unspecified atom stereocenters. The van der Waals surface area contributed by atoms with Crippen LogP contribution in [0, 0.1) is 0 Å². The van der Waals surface area contributed by atoms with Gasteiger partial charge >= 0.3 is 5.97 Å². The molecule has 3 heterocycles. The summed E-state index contributed by atoms with van der Waals surface area (Å²) in [5.41, 5.74) is 0.742. The third-order valence-corrected chi connectivity index (χ3v) is 3.64. The second-order valence-electron chi connectivity index (χ2n) is 4.87. The molecule has 2 aromatic heterocycles. The predicted molar refractivity (Wildman–Crippen MR) is 72.8 cm³/mol. The van der Waals surface area contributed by atoms with Crippen LogP contribution in [0.1, 0.15) is 45.4 Å². The van der Waals surface area contributed by atoms with E-state index in [1.54, 1.807) is 17.3 Å². The Hall–Kier alpha value is -2.70. The highest BCUT2D eigenvalue weighted by Gasteiger charge is 2.33. The summed E-state index contributed by atoms with van der Waals surface area (Å²) in [6.45, 7) is 0.588. The Bertz CT molecular complexity index is 668. The van der Waals surface area contributed by atoms with Gasteiger partial charge in [0.25, 0.3) is 5.91 Å². The Labute approximate surface area is 120 Å². The SMILES string of the molecule is O=C(O)c1[nH]cnc1C(=O)N1CCCC1c1cccnc1.